The van der Waals surface area contributed by atoms with Crippen LogP contribution in [0.1, 0.15) is 17.0 Å². The second-order valence-electron chi connectivity index (χ2n) is 5.67. The smallest absolute Gasteiger partial charge is 0.225 e. The van der Waals surface area contributed by atoms with Gasteiger partial charge in [-0.3, -0.25) is 9.59 Å². The number of hydrogen-bond acceptors (Lipinski definition) is 5. The molecule has 7 heteroatoms. The van der Waals surface area contributed by atoms with Crippen LogP contribution >= 0.6 is 11.3 Å². The lowest BCUT2D eigenvalue weighted by atomic mass is 10.1. The number of aromatic nitrogens is 1. The summed E-state index contributed by atoms with van der Waals surface area (Å²) in [7, 11) is 1.62. The molecule has 0 spiro atoms. The zero-order valence-electron chi connectivity index (χ0n) is 13.4. The summed E-state index contributed by atoms with van der Waals surface area (Å²) in [5.41, 5.74) is 1.02. The lowest BCUT2D eigenvalue weighted by Crippen LogP contribution is -2.32. The van der Waals surface area contributed by atoms with E-state index in [1.807, 2.05) is 29.6 Å². The maximum Gasteiger partial charge on any atom is 0.225 e. The van der Waals surface area contributed by atoms with Gasteiger partial charge < -0.3 is 15.0 Å². The quantitative estimate of drug-likeness (QED) is 0.867. The average Bonchev–Trinajstić information content (AvgIpc) is 3.24. The lowest BCUT2D eigenvalue weighted by Gasteiger charge is -2.17. The van der Waals surface area contributed by atoms with Gasteiger partial charge in [-0.2, -0.15) is 0 Å². The van der Waals surface area contributed by atoms with Crippen LogP contribution in [0.4, 0.5) is 0 Å². The number of nitrogens with zero attached hydrogens (tertiary/aromatic N) is 2. The van der Waals surface area contributed by atoms with Crippen LogP contribution in [0.15, 0.2) is 35.8 Å². The van der Waals surface area contributed by atoms with Crippen molar-refractivity contribution in [2.45, 2.75) is 19.5 Å². The molecule has 2 aromatic rings. The van der Waals surface area contributed by atoms with Gasteiger partial charge in [0.2, 0.25) is 11.8 Å². The molecule has 2 amide bonds. The number of amides is 2. The highest BCUT2D eigenvalue weighted by molar-refractivity contribution is 7.09. The first-order valence-electron chi connectivity index (χ1n) is 7.72. The fourth-order valence-corrected chi connectivity index (χ4v) is 3.26. The number of nitrogens with one attached hydrogen (secondary N) is 1. The molecule has 0 radical (unpaired) electrons. The largest absolute Gasteiger partial charge is 0.497 e. The summed E-state index contributed by atoms with van der Waals surface area (Å²) in [4.78, 5) is 30.3. The summed E-state index contributed by atoms with van der Waals surface area (Å²) in [5, 5.41) is 5.60. The van der Waals surface area contributed by atoms with Gasteiger partial charge in [0.25, 0.3) is 0 Å². The van der Waals surface area contributed by atoms with Crippen molar-refractivity contribution in [1.29, 1.82) is 0 Å². The first-order chi connectivity index (χ1) is 11.7. The van der Waals surface area contributed by atoms with Crippen molar-refractivity contribution in [3.8, 4) is 5.75 Å². The summed E-state index contributed by atoms with van der Waals surface area (Å²) in [6, 6.07) is 7.60. The number of carbonyl (C=O) groups is 2. The number of thiazole rings is 1. The van der Waals surface area contributed by atoms with E-state index >= 15 is 0 Å². The highest BCUT2D eigenvalue weighted by Crippen LogP contribution is 2.21. The van der Waals surface area contributed by atoms with Crippen molar-refractivity contribution in [3.05, 3.63) is 46.4 Å². The molecule has 1 aliphatic rings. The molecular weight excluding hydrogens is 326 g/mol. The molecule has 3 rings (SSSR count). The zero-order valence-corrected chi connectivity index (χ0v) is 14.2. The van der Waals surface area contributed by atoms with E-state index in [0.717, 1.165) is 16.3 Å². The standard InChI is InChI=1S/C17H19N3O3S/c1-23-14-4-2-12(3-5-14)10-20-11-13(8-16(20)21)17(22)19-9-15-18-6-7-24-15/h2-7,13H,8-11H2,1H3,(H,19,22)/t13-/m0/s1. The number of benzene rings is 1. The molecule has 0 bridgehead atoms. The van der Waals surface area contributed by atoms with E-state index in [4.69, 9.17) is 4.74 Å². The Kier molecular flexibility index (Phi) is 5.10. The van der Waals surface area contributed by atoms with Crippen LogP contribution in [-0.2, 0) is 22.7 Å². The van der Waals surface area contributed by atoms with Crippen molar-refractivity contribution in [2.24, 2.45) is 5.92 Å². The number of likely N-dealkylation sites (tertiary alicyclic amines) is 1. The molecule has 2 heterocycles. The van der Waals surface area contributed by atoms with Crippen molar-refractivity contribution in [2.75, 3.05) is 13.7 Å². The summed E-state index contributed by atoms with van der Waals surface area (Å²) in [6.07, 6.45) is 1.97. The van der Waals surface area contributed by atoms with E-state index in [1.165, 1.54) is 11.3 Å². The summed E-state index contributed by atoms with van der Waals surface area (Å²) < 4.78 is 5.13. The zero-order chi connectivity index (χ0) is 16.9. The predicted molar refractivity (Wildman–Crippen MR) is 90.5 cm³/mol. The van der Waals surface area contributed by atoms with E-state index in [0.29, 0.717) is 19.6 Å². The van der Waals surface area contributed by atoms with E-state index in [-0.39, 0.29) is 24.2 Å². The molecule has 1 N–H and O–H groups in total. The van der Waals surface area contributed by atoms with Gasteiger partial charge in [-0.05, 0) is 17.7 Å². The van der Waals surface area contributed by atoms with Crippen LogP contribution in [-0.4, -0.2) is 35.4 Å². The Morgan fingerprint density at radius 2 is 2.21 bits per heavy atom. The molecule has 0 saturated carbocycles. The lowest BCUT2D eigenvalue weighted by molar-refractivity contribution is -0.129. The van der Waals surface area contributed by atoms with Crippen molar-refractivity contribution < 1.29 is 14.3 Å². The van der Waals surface area contributed by atoms with Crippen molar-refractivity contribution in [3.63, 3.8) is 0 Å². The van der Waals surface area contributed by atoms with Crippen molar-refractivity contribution in [1.82, 2.24) is 15.2 Å². The number of rotatable bonds is 6. The van der Waals surface area contributed by atoms with E-state index < -0.39 is 0 Å². The maximum absolute atomic E-state index is 12.2. The third-order valence-corrected chi connectivity index (χ3v) is 4.79. The second kappa shape index (κ2) is 7.44. The Hall–Kier alpha value is -2.41. The Bertz CT molecular complexity index is 700. The van der Waals surface area contributed by atoms with Gasteiger partial charge in [-0.1, -0.05) is 12.1 Å². The van der Waals surface area contributed by atoms with Crippen LogP contribution in [0, 0.1) is 5.92 Å². The number of methoxy groups -OCH3 is 1. The van der Waals surface area contributed by atoms with Crippen molar-refractivity contribution >= 4 is 23.2 Å². The molecule has 0 aliphatic carbocycles. The molecule has 1 saturated heterocycles. The minimum atomic E-state index is -0.296. The minimum Gasteiger partial charge on any atom is -0.497 e. The number of carbonyl (C=O) groups excluding carboxylic acids is 2. The molecule has 126 valence electrons. The maximum atomic E-state index is 12.2. The summed E-state index contributed by atoms with van der Waals surface area (Å²) >= 11 is 1.50. The molecule has 1 aliphatic heterocycles. The SMILES string of the molecule is COc1ccc(CN2C[C@@H](C(=O)NCc3nccs3)CC2=O)cc1. The highest BCUT2D eigenvalue weighted by Gasteiger charge is 2.34. The molecule has 1 aromatic heterocycles. The third kappa shape index (κ3) is 3.91. The van der Waals surface area contributed by atoms with E-state index in [9.17, 15) is 9.59 Å². The average molecular weight is 345 g/mol. The molecule has 1 aromatic carbocycles. The molecule has 0 unspecified atom stereocenters. The van der Waals surface area contributed by atoms with E-state index in [1.54, 1.807) is 18.2 Å². The predicted octanol–water partition coefficient (Wildman–Crippen LogP) is 1.82. The Morgan fingerprint density at radius 3 is 2.88 bits per heavy atom. The topological polar surface area (TPSA) is 71.5 Å². The van der Waals surface area contributed by atoms with Crippen LogP contribution < -0.4 is 10.1 Å². The van der Waals surface area contributed by atoms with Crippen LogP contribution in [0.25, 0.3) is 0 Å². The molecule has 1 atom stereocenters. The Morgan fingerprint density at radius 1 is 1.42 bits per heavy atom. The Balaban J connectivity index is 1.53. The van der Waals surface area contributed by atoms with Crippen LogP contribution in [0.3, 0.4) is 0 Å². The van der Waals surface area contributed by atoms with E-state index in [2.05, 4.69) is 10.3 Å². The van der Waals surface area contributed by atoms with Gasteiger partial charge in [0.15, 0.2) is 0 Å². The fourth-order valence-electron chi connectivity index (χ4n) is 2.70. The first kappa shape index (κ1) is 16.4. The van der Waals surface area contributed by atoms with Gasteiger partial charge in [-0.15, -0.1) is 11.3 Å². The molecule has 1 fully saturated rings. The van der Waals surface area contributed by atoms with Crippen LogP contribution in [0.5, 0.6) is 5.75 Å². The Labute approximate surface area is 144 Å². The van der Waals surface area contributed by atoms with Gasteiger partial charge >= 0.3 is 0 Å². The minimum absolute atomic E-state index is 0.0141. The highest BCUT2D eigenvalue weighted by atomic mass is 32.1. The first-order valence-corrected chi connectivity index (χ1v) is 8.60. The summed E-state index contributed by atoms with van der Waals surface area (Å²) in [6.45, 7) is 1.38. The van der Waals surface area contributed by atoms with Gasteiger partial charge in [0.1, 0.15) is 10.8 Å². The molecule has 6 nitrogen and oxygen atoms in total. The van der Waals surface area contributed by atoms with Gasteiger partial charge in [-0.25, -0.2) is 4.98 Å². The fraction of sp³-hybridized carbons (Fsp3) is 0.353. The van der Waals surface area contributed by atoms with Crippen LogP contribution in [0.2, 0.25) is 0 Å². The normalized spacial score (nSPS) is 17.1. The number of hydrogen-bond donors (Lipinski definition) is 1. The second-order valence-corrected chi connectivity index (χ2v) is 6.65. The van der Waals surface area contributed by atoms with Gasteiger partial charge in [0, 0.05) is 31.1 Å². The van der Waals surface area contributed by atoms with Gasteiger partial charge in [0.05, 0.1) is 19.6 Å². The number of ether oxygens (including phenoxy) is 1. The summed E-state index contributed by atoms with van der Waals surface area (Å²) in [5.74, 6) is 0.414. The molecular formula is C17H19N3O3S. The molecule has 24 heavy (non-hydrogen) atoms. The monoisotopic (exact) mass is 345 g/mol. The third-order valence-electron chi connectivity index (χ3n) is 4.02.